The number of rotatable bonds is 6. The van der Waals surface area contributed by atoms with Gasteiger partial charge in [0.1, 0.15) is 5.69 Å². The molecule has 1 saturated heterocycles. The molecule has 1 fully saturated rings. The van der Waals surface area contributed by atoms with Gasteiger partial charge in [-0.1, -0.05) is 12.1 Å². The highest BCUT2D eigenvalue weighted by Gasteiger charge is 2.25. The first-order valence-corrected chi connectivity index (χ1v) is 11.4. The van der Waals surface area contributed by atoms with E-state index in [1.165, 1.54) is 5.69 Å². The number of benzene rings is 1. The lowest BCUT2D eigenvalue weighted by Gasteiger charge is -2.32. The molecule has 0 aliphatic carbocycles. The van der Waals surface area contributed by atoms with Gasteiger partial charge < -0.3 is 19.7 Å². The molecule has 34 heavy (non-hydrogen) atoms. The summed E-state index contributed by atoms with van der Waals surface area (Å²) in [5, 5.41) is 4.69. The van der Waals surface area contributed by atoms with E-state index in [0.717, 1.165) is 44.1 Å². The van der Waals surface area contributed by atoms with Crippen molar-refractivity contribution in [2.24, 2.45) is 0 Å². The molecule has 0 saturated carbocycles. The van der Waals surface area contributed by atoms with Gasteiger partial charge in [-0.15, -0.1) is 0 Å². The van der Waals surface area contributed by atoms with Gasteiger partial charge >= 0.3 is 0 Å². The van der Waals surface area contributed by atoms with E-state index in [1.54, 1.807) is 30.3 Å². The maximum atomic E-state index is 12.0. The number of hydrogen-bond donors (Lipinski definition) is 1. The molecule has 1 N–H and O–H groups in total. The zero-order valence-corrected chi connectivity index (χ0v) is 19.8. The quantitative estimate of drug-likeness (QED) is 0.558. The Labute approximate surface area is 199 Å². The van der Waals surface area contributed by atoms with Crippen molar-refractivity contribution in [2.45, 2.75) is 6.54 Å². The van der Waals surface area contributed by atoms with E-state index in [9.17, 15) is 4.79 Å². The van der Waals surface area contributed by atoms with Gasteiger partial charge in [-0.05, 0) is 31.3 Å². The SMILES string of the molecule is CON(c1ncc2c(n1)NCC(=O)N2C)c1ccccc1-n1cccc1CN1CCN(C)CC1. The molecule has 10 nitrogen and oxygen atoms in total. The Morgan fingerprint density at radius 1 is 1.06 bits per heavy atom. The Morgan fingerprint density at radius 3 is 2.65 bits per heavy atom. The fourth-order valence-corrected chi connectivity index (χ4v) is 4.39. The summed E-state index contributed by atoms with van der Waals surface area (Å²) in [6.07, 6.45) is 3.72. The van der Waals surface area contributed by atoms with Crippen molar-refractivity contribution >= 4 is 29.0 Å². The zero-order valence-electron chi connectivity index (χ0n) is 19.8. The molecule has 0 unspecified atom stereocenters. The number of nitrogens with zero attached hydrogens (tertiary/aromatic N) is 7. The monoisotopic (exact) mass is 462 g/mol. The van der Waals surface area contributed by atoms with E-state index in [1.807, 2.05) is 18.2 Å². The molecule has 0 radical (unpaired) electrons. The van der Waals surface area contributed by atoms with Gasteiger partial charge in [-0.2, -0.15) is 10.0 Å². The number of anilines is 4. The number of hydrogen-bond acceptors (Lipinski definition) is 8. The zero-order chi connectivity index (χ0) is 23.7. The maximum absolute atomic E-state index is 12.0. The minimum Gasteiger partial charge on any atom is -0.359 e. The first-order valence-electron chi connectivity index (χ1n) is 11.4. The first-order chi connectivity index (χ1) is 16.5. The molecular weight excluding hydrogens is 432 g/mol. The van der Waals surface area contributed by atoms with Crippen LogP contribution in [0.25, 0.3) is 5.69 Å². The van der Waals surface area contributed by atoms with Crippen LogP contribution in [0.3, 0.4) is 0 Å². The van der Waals surface area contributed by atoms with Crippen molar-refractivity contribution in [1.29, 1.82) is 0 Å². The minimum atomic E-state index is -0.0294. The van der Waals surface area contributed by atoms with Gasteiger partial charge in [0.25, 0.3) is 5.95 Å². The van der Waals surface area contributed by atoms with Crippen LogP contribution < -0.4 is 15.3 Å². The van der Waals surface area contributed by atoms with E-state index in [2.05, 4.69) is 61.1 Å². The van der Waals surface area contributed by atoms with Gasteiger partial charge in [0.15, 0.2) is 5.82 Å². The van der Waals surface area contributed by atoms with Gasteiger partial charge in [-0.25, -0.2) is 4.98 Å². The second-order valence-electron chi connectivity index (χ2n) is 8.62. The third-order valence-corrected chi connectivity index (χ3v) is 6.44. The molecule has 5 rings (SSSR count). The number of amides is 1. The summed E-state index contributed by atoms with van der Waals surface area (Å²) in [5.74, 6) is 0.957. The second kappa shape index (κ2) is 9.41. The summed E-state index contributed by atoms with van der Waals surface area (Å²) in [6, 6.07) is 12.3. The van der Waals surface area contributed by atoms with Crippen LogP contribution in [0.4, 0.5) is 23.1 Å². The number of likely N-dealkylation sites (N-methyl/N-ethyl adjacent to an activating group) is 2. The predicted molar refractivity (Wildman–Crippen MR) is 132 cm³/mol. The average Bonchev–Trinajstić information content (AvgIpc) is 3.32. The Balaban J connectivity index is 1.47. The molecule has 1 amide bonds. The van der Waals surface area contributed by atoms with Gasteiger partial charge in [0, 0.05) is 51.7 Å². The summed E-state index contributed by atoms with van der Waals surface area (Å²) in [7, 11) is 5.50. The topological polar surface area (TPSA) is 82.0 Å². The van der Waals surface area contributed by atoms with Gasteiger partial charge in [0.2, 0.25) is 5.91 Å². The van der Waals surface area contributed by atoms with Crippen LogP contribution in [0.5, 0.6) is 0 Å². The first kappa shape index (κ1) is 22.3. The highest BCUT2D eigenvalue weighted by molar-refractivity contribution is 6.01. The lowest BCUT2D eigenvalue weighted by atomic mass is 10.2. The van der Waals surface area contributed by atoms with E-state index < -0.39 is 0 Å². The second-order valence-corrected chi connectivity index (χ2v) is 8.62. The van der Waals surface area contributed by atoms with Crippen molar-refractivity contribution in [3.05, 3.63) is 54.5 Å². The van der Waals surface area contributed by atoms with E-state index in [0.29, 0.717) is 17.5 Å². The van der Waals surface area contributed by atoms with Crippen LogP contribution in [0.1, 0.15) is 5.69 Å². The van der Waals surface area contributed by atoms with E-state index in [4.69, 9.17) is 4.84 Å². The Hall–Kier alpha value is -3.47. The average molecular weight is 463 g/mol. The summed E-state index contributed by atoms with van der Waals surface area (Å²) in [6.45, 7) is 5.35. The summed E-state index contributed by atoms with van der Waals surface area (Å²) < 4.78 is 2.20. The molecule has 0 bridgehead atoms. The molecule has 0 spiro atoms. The highest BCUT2D eigenvalue weighted by Crippen LogP contribution is 2.33. The van der Waals surface area contributed by atoms with Crippen molar-refractivity contribution in [3.8, 4) is 5.69 Å². The molecule has 3 aromatic rings. The van der Waals surface area contributed by atoms with E-state index >= 15 is 0 Å². The van der Waals surface area contributed by atoms with Crippen LogP contribution >= 0.6 is 0 Å². The third-order valence-electron chi connectivity index (χ3n) is 6.44. The summed E-state index contributed by atoms with van der Waals surface area (Å²) >= 11 is 0. The van der Waals surface area contributed by atoms with Gasteiger partial charge in [0.05, 0.1) is 31.2 Å². The molecule has 4 heterocycles. The largest absolute Gasteiger partial charge is 0.359 e. The van der Waals surface area contributed by atoms with Crippen molar-refractivity contribution in [3.63, 3.8) is 0 Å². The molecule has 1 aromatic carbocycles. The van der Waals surface area contributed by atoms with Crippen molar-refractivity contribution in [2.75, 3.05) is 69.2 Å². The lowest BCUT2D eigenvalue weighted by molar-refractivity contribution is -0.116. The fourth-order valence-electron chi connectivity index (χ4n) is 4.39. The molecular formula is C24H30N8O2. The Morgan fingerprint density at radius 2 is 1.85 bits per heavy atom. The van der Waals surface area contributed by atoms with Crippen molar-refractivity contribution < 1.29 is 9.63 Å². The molecule has 178 valence electrons. The molecule has 0 atom stereocenters. The Bertz CT molecular complexity index is 1170. The maximum Gasteiger partial charge on any atom is 0.256 e. The van der Waals surface area contributed by atoms with Crippen LogP contribution in [-0.4, -0.2) is 84.2 Å². The molecule has 10 heteroatoms. The van der Waals surface area contributed by atoms with Crippen LogP contribution in [0.2, 0.25) is 0 Å². The highest BCUT2D eigenvalue weighted by atomic mass is 16.7. The summed E-state index contributed by atoms with van der Waals surface area (Å²) in [4.78, 5) is 33.3. The molecule has 2 aliphatic rings. The summed E-state index contributed by atoms with van der Waals surface area (Å²) in [5.41, 5.74) is 3.64. The van der Waals surface area contributed by atoms with E-state index in [-0.39, 0.29) is 12.5 Å². The normalized spacial score (nSPS) is 16.9. The predicted octanol–water partition coefficient (Wildman–Crippen LogP) is 2.10. The number of aromatic nitrogens is 3. The van der Waals surface area contributed by atoms with Crippen molar-refractivity contribution in [1.82, 2.24) is 24.3 Å². The lowest BCUT2D eigenvalue weighted by Crippen LogP contribution is -2.44. The number of fused-ring (bicyclic) bond motifs is 1. The number of para-hydroxylation sites is 2. The number of carbonyl (C=O) groups is 1. The fraction of sp³-hybridized carbons (Fsp3) is 0.375. The van der Waals surface area contributed by atoms with Gasteiger partial charge in [-0.3, -0.25) is 14.5 Å². The number of carbonyl (C=O) groups excluding carboxylic acids is 1. The third kappa shape index (κ3) is 4.23. The standard InChI is InChI=1S/C24H30N8O2/c1-28-11-13-30(14-12-28)17-18-7-6-10-31(18)19-8-4-5-9-20(19)32(34-3)24-26-15-21-23(27-24)25-16-22(33)29(21)2/h4-10,15H,11-14,16-17H2,1-3H3,(H,25,26,27). The molecule has 2 aromatic heterocycles. The smallest absolute Gasteiger partial charge is 0.256 e. The molecule has 2 aliphatic heterocycles. The van der Waals surface area contributed by atoms with Crippen LogP contribution in [-0.2, 0) is 16.2 Å². The minimum absolute atomic E-state index is 0.0294. The van der Waals surface area contributed by atoms with Crippen LogP contribution in [0, 0.1) is 0 Å². The van der Waals surface area contributed by atoms with Crippen LogP contribution in [0.15, 0.2) is 48.8 Å². The Kier molecular flexibility index (Phi) is 6.18. The number of piperazine rings is 1. The number of nitrogens with one attached hydrogen (secondary N) is 1.